The molecule has 2 fully saturated rings. The van der Waals surface area contributed by atoms with Gasteiger partial charge in [0.2, 0.25) is 11.8 Å². The molecule has 11 heteroatoms. The van der Waals surface area contributed by atoms with E-state index in [0.717, 1.165) is 49.4 Å². The first kappa shape index (κ1) is 34.2. The van der Waals surface area contributed by atoms with Crippen LogP contribution in [0.3, 0.4) is 0 Å². The number of ether oxygens (including phenoxy) is 1. The fourth-order valence-electron chi connectivity index (χ4n) is 7.37. The van der Waals surface area contributed by atoms with Gasteiger partial charge in [-0.05, 0) is 56.8 Å². The van der Waals surface area contributed by atoms with Gasteiger partial charge >= 0.3 is 6.01 Å². The van der Waals surface area contributed by atoms with Gasteiger partial charge in [-0.1, -0.05) is 42.5 Å². The highest BCUT2D eigenvalue weighted by Crippen LogP contribution is 2.36. The van der Waals surface area contributed by atoms with E-state index in [0.29, 0.717) is 51.4 Å². The molecule has 3 aliphatic rings. The SMILES string of the molecule is CC(=O)N(C)C/C=C/CC(=O)N1CCN(c2nc(OC[C@@H]3CCCN3C)nc3c2CCN(c2cccc4cccc(C)c24)C3)C[C@@H]1CC#N. The van der Waals surface area contributed by atoms with Crippen LogP contribution in [0.5, 0.6) is 6.01 Å². The summed E-state index contributed by atoms with van der Waals surface area (Å²) in [6, 6.07) is 15.7. The topological polar surface area (TPSA) is 109 Å². The zero-order valence-corrected chi connectivity index (χ0v) is 29.3. The van der Waals surface area contributed by atoms with E-state index >= 15 is 0 Å². The van der Waals surface area contributed by atoms with Crippen LogP contribution in [-0.4, -0.2) is 109 Å². The molecular weight excluding hydrogens is 616 g/mol. The lowest BCUT2D eigenvalue weighted by atomic mass is 9.99. The number of nitriles is 1. The molecule has 258 valence electrons. The summed E-state index contributed by atoms with van der Waals surface area (Å²) in [6.45, 7) is 8.83. The number of likely N-dealkylation sites (tertiary alicyclic amines) is 1. The van der Waals surface area contributed by atoms with Crippen molar-refractivity contribution < 1.29 is 14.3 Å². The summed E-state index contributed by atoms with van der Waals surface area (Å²) in [5, 5.41) is 12.2. The van der Waals surface area contributed by atoms with Crippen LogP contribution < -0.4 is 14.5 Å². The maximum absolute atomic E-state index is 13.3. The molecular formula is C38H48N8O3. The highest BCUT2D eigenvalue weighted by molar-refractivity contribution is 5.97. The van der Waals surface area contributed by atoms with Gasteiger partial charge in [0.05, 0.1) is 30.8 Å². The molecule has 0 aliphatic carbocycles. The van der Waals surface area contributed by atoms with E-state index < -0.39 is 0 Å². The first-order valence-electron chi connectivity index (χ1n) is 17.5. The minimum atomic E-state index is -0.264. The second-order valence-corrected chi connectivity index (χ2v) is 13.6. The maximum atomic E-state index is 13.3. The van der Waals surface area contributed by atoms with Crippen molar-refractivity contribution >= 4 is 34.1 Å². The number of fused-ring (bicyclic) bond motifs is 2. The van der Waals surface area contributed by atoms with E-state index in [9.17, 15) is 14.9 Å². The minimum absolute atomic E-state index is 0.0166. The lowest BCUT2D eigenvalue weighted by Crippen LogP contribution is -2.55. The quantitative estimate of drug-likeness (QED) is 0.293. The van der Waals surface area contributed by atoms with Gasteiger partial charge < -0.3 is 29.2 Å². The Morgan fingerprint density at radius 1 is 1.06 bits per heavy atom. The molecule has 0 saturated carbocycles. The van der Waals surface area contributed by atoms with Gasteiger partial charge in [0.1, 0.15) is 12.4 Å². The Balaban J connectivity index is 1.25. The van der Waals surface area contributed by atoms with Crippen molar-refractivity contribution in [2.45, 2.75) is 64.6 Å². The fourth-order valence-corrected chi connectivity index (χ4v) is 7.37. The Labute approximate surface area is 289 Å². The van der Waals surface area contributed by atoms with Crippen molar-refractivity contribution in [3.05, 3.63) is 65.4 Å². The van der Waals surface area contributed by atoms with E-state index in [1.165, 1.54) is 28.9 Å². The number of aryl methyl sites for hydroxylation is 1. The average molecular weight is 665 g/mol. The second-order valence-electron chi connectivity index (χ2n) is 13.6. The number of aromatic nitrogens is 2. The molecule has 2 saturated heterocycles. The highest BCUT2D eigenvalue weighted by Gasteiger charge is 2.34. The standard InChI is InChI=1S/C38H48N8O3/c1-27-10-7-11-29-12-8-14-34(36(27)29)44-21-17-32-33(25-44)40-38(49-26-31-13-9-20-43(31)4)41-37(32)45-22-23-46(30(24-45)16-18-39)35(48)15-5-6-19-42(3)28(2)47/h5-8,10-12,14,30-31H,9,13,15-17,19-26H2,1-4H3/b6-5+/t30-,31-/m0/s1. The normalized spacial score (nSPS) is 19.7. The number of nitrogens with zero attached hydrogens (tertiary/aromatic N) is 8. The van der Waals surface area contributed by atoms with Crippen LogP contribution in [0.25, 0.3) is 10.8 Å². The number of hydrogen-bond acceptors (Lipinski definition) is 9. The third-order valence-electron chi connectivity index (χ3n) is 10.3. The Kier molecular flexibility index (Phi) is 10.6. The molecule has 3 aromatic rings. The number of likely N-dealkylation sites (N-methyl/N-ethyl adjacent to an activating group) is 2. The summed E-state index contributed by atoms with van der Waals surface area (Å²) < 4.78 is 6.35. The first-order chi connectivity index (χ1) is 23.7. The second kappa shape index (κ2) is 15.2. The number of anilines is 2. The van der Waals surface area contributed by atoms with E-state index in [-0.39, 0.29) is 30.7 Å². The van der Waals surface area contributed by atoms with Crippen LogP contribution in [0.1, 0.15) is 49.4 Å². The number of benzene rings is 2. The van der Waals surface area contributed by atoms with Crippen molar-refractivity contribution in [2.75, 3.05) is 69.8 Å². The Morgan fingerprint density at radius 3 is 2.63 bits per heavy atom. The molecule has 3 aliphatic heterocycles. The molecule has 0 radical (unpaired) electrons. The molecule has 1 aromatic heterocycles. The number of hydrogen-bond donors (Lipinski definition) is 0. The summed E-state index contributed by atoms with van der Waals surface area (Å²) in [6.07, 6.45) is 7.15. The van der Waals surface area contributed by atoms with E-state index in [4.69, 9.17) is 14.7 Å². The smallest absolute Gasteiger partial charge is 0.318 e. The predicted molar refractivity (Wildman–Crippen MR) is 192 cm³/mol. The molecule has 0 N–H and O–H groups in total. The van der Waals surface area contributed by atoms with E-state index in [2.05, 4.69) is 71.1 Å². The van der Waals surface area contributed by atoms with Gasteiger partial charge in [-0.15, -0.1) is 0 Å². The van der Waals surface area contributed by atoms with E-state index in [1.807, 2.05) is 17.1 Å². The number of carbonyl (C=O) groups is 2. The summed E-state index contributed by atoms with van der Waals surface area (Å²) in [5.41, 5.74) is 4.54. The zero-order valence-electron chi connectivity index (χ0n) is 29.3. The van der Waals surface area contributed by atoms with Gasteiger partial charge in [0, 0.05) is 75.8 Å². The van der Waals surface area contributed by atoms with E-state index in [1.54, 1.807) is 11.9 Å². The molecule has 4 heterocycles. The molecule has 11 nitrogen and oxygen atoms in total. The third kappa shape index (κ3) is 7.65. The molecule has 2 atom stereocenters. The lowest BCUT2D eigenvalue weighted by Gasteiger charge is -2.42. The Bertz CT molecular complexity index is 1750. The van der Waals surface area contributed by atoms with Crippen LogP contribution in [0.4, 0.5) is 11.5 Å². The van der Waals surface area contributed by atoms with Gasteiger partial charge in [-0.3, -0.25) is 9.59 Å². The predicted octanol–water partition coefficient (Wildman–Crippen LogP) is 4.33. The van der Waals surface area contributed by atoms with Gasteiger partial charge in [0.25, 0.3) is 0 Å². The van der Waals surface area contributed by atoms with Crippen molar-refractivity contribution in [2.24, 2.45) is 0 Å². The Hall–Kier alpha value is -4.69. The van der Waals surface area contributed by atoms with Crippen LogP contribution in [-0.2, 0) is 22.6 Å². The first-order valence-corrected chi connectivity index (χ1v) is 17.5. The van der Waals surface area contributed by atoms with Gasteiger partial charge in [-0.2, -0.15) is 15.2 Å². The molecule has 0 spiro atoms. The molecule has 0 bridgehead atoms. The summed E-state index contributed by atoms with van der Waals surface area (Å²) in [7, 11) is 3.87. The van der Waals surface area contributed by atoms with Crippen molar-refractivity contribution in [1.29, 1.82) is 5.26 Å². The summed E-state index contributed by atoms with van der Waals surface area (Å²) in [5.74, 6) is 0.816. The number of rotatable bonds is 10. The molecule has 2 amide bonds. The van der Waals surface area contributed by atoms with Crippen molar-refractivity contribution in [3.8, 4) is 12.1 Å². The van der Waals surface area contributed by atoms with Gasteiger partial charge in [-0.25, -0.2) is 0 Å². The Morgan fingerprint density at radius 2 is 1.88 bits per heavy atom. The average Bonchev–Trinajstić information content (AvgIpc) is 3.52. The zero-order chi connectivity index (χ0) is 34.5. The third-order valence-corrected chi connectivity index (χ3v) is 10.3. The minimum Gasteiger partial charge on any atom is -0.462 e. The molecule has 49 heavy (non-hydrogen) atoms. The van der Waals surface area contributed by atoms with Gasteiger partial charge in [0.15, 0.2) is 0 Å². The van der Waals surface area contributed by atoms with Crippen LogP contribution >= 0.6 is 0 Å². The van der Waals surface area contributed by atoms with Crippen molar-refractivity contribution in [3.63, 3.8) is 0 Å². The monoisotopic (exact) mass is 664 g/mol. The van der Waals surface area contributed by atoms with Crippen molar-refractivity contribution in [1.82, 2.24) is 24.7 Å². The largest absolute Gasteiger partial charge is 0.462 e. The maximum Gasteiger partial charge on any atom is 0.318 e. The molecule has 2 aromatic carbocycles. The van der Waals surface area contributed by atoms with Crippen LogP contribution in [0.15, 0.2) is 48.6 Å². The lowest BCUT2D eigenvalue weighted by molar-refractivity contribution is -0.133. The number of piperazine rings is 1. The molecule has 0 unspecified atom stereocenters. The highest BCUT2D eigenvalue weighted by atomic mass is 16.5. The molecule has 6 rings (SSSR count). The summed E-state index contributed by atoms with van der Waals surface area (Å²) in [4.78, 5) is 45.3. The number of amides is 2. The summed E-state index contributed by atoms with van der Waals surface area (Å²) >= 11 is 0. The number of carbonyl (C=O) groups excluding carboxylic acids is 2. The van der Waals surface area contributed by atoms with Crippen LogP contribution in [0.2, 0.25) is 0 Å². The van der Waals surface area contributed by atoms with Crippen LogP contribution in [0, 0.1) is 18.3 Å². The fraction of sp³-hybridized carbons (Fsp3) is 0.500.